The first-order valence-electron chi connectivity index (χ1n) is 7.79. The Morgan fingerprint density at radius 3 is 2.77 bits per heavy atom. The molecule has 1 aliphatic heterocycles. The predicted molar refractivity (Wildman–Crippen MR) is 86.9 cm³/mol. The summed E-state index contributed by atoms with van der Waals surface area (Å²) in [4.78, 5) is 28.0. The molecule has 6 nitrogen and oxygen atoms in total. The van der Waals surface area contributed by atoms with Gasteiger partial charge in [-0.1, -0.05) is 11.3 Å². The van der Waals surface area contributed by atoms with E-state index in [4.69, 9.17) is 0 Å². The van der Waals surface area contributed by atoms with Crippen LogP contribution in [0.1, 0.15) is 31.6 Å². The van der Waals surface area contributed by atoms with Crippen LogP contribution in [-0.2, 0) is 11.3 Å². The van der Waals surface area contributed by atoms with Gasteiger partial charge in [0.05, 0.1) is 10.8 Å². The number of hydrogen-bond acceptors (Lipinski definition) is 5. The molecule has 2 heterocycles. The molecule has 0 radical (unpaired) electrons. The highest BCUT2D eigenvalue weighted by Gasteiger charge is 2.28. The van der Waals surface area contributed by atoms with Crippen LogP contribution >= 0.6 is 11.3 Å². The third kappa shape index (κ3) is 4.04. The van der Waals surface area contributed by atoms with Gasteiger partial charge in [-0.25, -0.2) is 0 Å². The van der Waals surface area contributed by atoms with Crippen LogP contribution in [0.4, 0.5) is 5.00 Å². The maximum Gasteiger partial charge on any atom is 0.324 e. The van der Waals surface area contributed by atoms with Gasteiger partial charge in [-0.2, -0.15) is 0 Å². The number of hydrogen-bond donors (Lipinski definition) is 0. The van der Waals surface area contributed by atoms with Crippen molar-refractivity contribution in [1.82, 2.24) is 9.80 Å². The molecule has 1 saturated heterocycles. The highest BCUT2D eigenvalue weighted by atomic mass is 32.1. The zero-order valence-electron chi connectivity index (χ0n) is 13.2. The van der Waals surface area contributed by atoms with Crippen molar-refractivity contribution in [2.75, 3.05) is 26.2 Å². The third-order valence-electron chi connectivity index (χ3n) is 4.14. The second-order valence-corrected chi connectivity index (χ2v) is 6.73. The lowest BCUT2D eigenvalue weighted by Crippen LogP contribution is -2.44. The Balaban J connectivity index is 1.95. The average molecular weight is 325 g/mol. The van der Waals surface area contributed by atoms with Gasteiger partial charge < -0.3 is 4.90 Å². The minimum Gasteiger partial charge on any atom is -0.343 e. The van der Waals surface area contributed by atoms with Crippen LogP contribution in [0.15, 0.2) is 12.1 Å². The lowest BCUT2D eigenvalue weighted by molar-refractivity contribution is -0.380. The quantitative estimate of drug-likeness (QED) is 0.596. The molecule has 7 heteroatoms. The van der Waals surface area contributed by atoms with Crippen LogP contribution < -0.4 is 0 Å². The number of rotatable bonds is 6. The van der Waals surface area contributed by atoms with Crippen molar-refractivity contribution >= 4 is 22.2 Å². The number of nitro groups is 1. The molecule has 1 aromatic rings. The zero-order chi connectivity index (χ0) is 16.1. The van der Waals surface area contributed by atoms with Gasteiger partial charge >= 0.3 is 5.00 Å². The maximum absolute atomic E-state index is 12.5. The number of likely N-dealkylation sites (tertiary alicyclic amines) is 1. The molecular formula is C15H23N3O3S. The van der Waals surface area contributed by atoms with E-state index in [0.29, 0.717) is 6.54 Å². The number of piperidine rings is 1. The molecule has 1 aliphatic rings. The van der Waals surface area contributed by atoms with E-state index < -0.39 is 0 Å². The topological polar surface area (TPSA) is 66.7 Å². The van der Waals surface area contributed by atoms with Crippen molar-refractivity contribution in [2.24, 2.45) is 5.92 Å². The molecular weight excluding hydrogens is 302 g/mol. The van der Waals surface area contributed by atoms with Gasteiger partial charge in [0.25, 0.3) is 0 Å². The number of carbonyl (C=O) groups excluding carboxylic acids is 1. The van der Waals surface area contributed by atoms with E-state index in [1.807, 2.05) is 24.8 Å². The fraction of sp³-hybridized carbons (Fsp3) is 0.667. The molecule has 0 aromatic carbocycles. The van der Waals surface area contributed by atoms with Crippen LogP contribution in [0.2, 0.25) is 0 Å². The molecule has 0 unspecified atom stereocenters. The third-order valence-corrected chi connectivity index (χ3v) is 5.16. The van der Waals surface area contributed by atoms with Crippen molar-refractivity contribution in [3.8, 4) is 0 Å². The predicted octanol–water partition coefficient (Wildman–Crippen LogP) is 2.74. The molecule has 0 saturated carbocycles. The van der Waals surface area contributed by atoms with E-state index in [2.05, 4.69) is 4.90 Å². The molecule has 1 aromatic heterocycles. The minimum absolute atomic E-state index is 0.0589. The summed E-state index contributed by atoms with van der Waals surface area (Å²) < 4.78 is 0. The fourth-order valence-corrected chi connectivity index (χ4v) is 3.83. The first kappa shape index (κ1) is 16.9. The largest absolute Gasteiger partial charge is 0.343 e. The van der Waals surface area contributed by atoms with Gasteiger partial charge in [-0.05, 0) is 39.3 Å². The van der Waals surface area contributed by atoms with Crippen LogP contribution in [0.5, 0.6) is 0 Å². The van der Waals surface area contributed by atoms with Crippen LogP contribution in [0, 0.1) is 16.0 Å². The molecule has 1 amide bonds. The fourth-order valence-electron chi connectivity index (χ4n) is 2.96. The summed E-state index contributed by atoms with van der Waals surface area (Å²) in [6.45, 7) is 7.92. The SMILES string of the molecule is CCN(CC)C(=O)[C@H]1CCCN(Cc2ccc([N+](=O)[O-])s2)C1. The van der Waals surface area contributed by atoms with E-state index in [-0.39, 0.29) is 21.7 Å². The first-order chi connectivity index (χ1) is 10.5. The highest BCUT2D eigenvalue weighted by molar-refractivity contribution is 7.15. The summed E-state index contributed by atoms with van der Waals surface area (Å²) >= 11 is 1.22. The first-order valence-corrected chi connectivity index (χ1v) is 8.61. The summed E-state index contributed by atoms with van der Waals surface area (Å²) in [5.74, 6) is 0.301. The smallest absolute Gasteiger partial charge is 0.324 e. The molecule has 0 bridgehead atoms. The second-order valence-electron chi connectivity index (χ2n) is 5.58. The Kier molecular flexibility index (Phi) is 5.90. The van der Waals surface area contributed by atoms with Crippen molar-refractivity contribution in [3.05, 3.63) is 27.1 Å². The van der Waals surface area contributed by atoms with Crippen molar-refractivity contribution in [3.63, 3.8) is 0 Å². The molecule has 22 heavy (non-hydrogen) atoms. The van der Waals surface area contributed by atoms with Crippen molar-refractivity contribution in [2.45, 2.75) is 33.2 Å². The summed E-state index contributed by atoms with van der Waals surface area (Å²) in [5.41, 5.74) is 0. The summed E-state index contributed by atoms with van der Waals surface area (Å²) in [6.07, 6.45) is 1.95. The molecule has 0 N–H and O–H groups in total. The van der Waals surface area contributed by atoms with Crippen molar-refractivity contribution in [1.29, 1.82) is 0 Å². The van der Waals surface area contributed by atoms with E-state index in [0.717, 1.165) is 43.9 Å². The molecule has 2 rings (SSSR count). The van der Waals surface area contributed by atoms with E-state index in [1.165, 1.54) is 11.3 Å². The Bertz CT molecular complexity index is 528. The van der Waals surface area contributed by atoms with Crippen LogP contribution in [0.3, 0.4) is 0 Å². The van der Waals surface area contributed by atoms with Gasteiger partial charge in [0.1, 0.15) is 0 Å². The molecule has 1 atom stereocenters. The van der Waals surface area contributed by atoms with Gasteiger partial charge in [0.15, 0.2) is 0 Å². The van der Waals surface area contributed by atoms with Crippen molar-refractivity contribution < 1.29 is 9.72 Å². The van der Waals surface area contributed by atoms with E-state index in [9.17, 15) is 14.9 Å². The maximum atomic E-state index is 12.5. The number of thiophene rings is 1. The van der Waals surface area contributed by atoms with Gasteiger partial charge in [0.2, 0.25) is 5.91 Å². The number of nitrogens with zero attached hydrogens (tertiary/aromatic N) is 3. The molecule has 0 spiro atoms. The lowest BCUT2D eigenvalue weighted by atomic mass is 9.96. The Morgan fingerprint density at radius 2 is 2.18 bits per heavy atom. The van der Waals surface area contributed by atoms with Gasteiger partial charge in [-0.15, -0.1) is 0 Å². The molecule has 0 aliphatic carbocycles. The summed E-state index contributed by atoms with van der Waals surface area (Å²) in [5, 5.41) is 10.9. The summed E-state index contributed by atoms with van der Waals surface area (Å²) in [6, 6.07) is 3.38. The minimum atomic E-state index is -0.350. The molecule has 122 valence electrons. The highest BCUT2D eigenvalue weighted by Crippen LogP contribution is 2.27. The number of carbonyl (C=O) groups is 1. The lowest BCUT2D eigenvalue weighted by Gasteiger charge is -2.34. The zero-order valence-corrected chi connectivity index (χ0v) is 14.0. The van der Waals surface area contributed by atoms with E-state index >= 15 is 0 Å². The normalized spacial score (nSPS) is 19.1. The van der Waals surface area contributed by atoms with Gasteiger partial charge in [-0.3, -0.25) is 19.8 Å². The Hall–Kier alpha value is -1.47. The molecule has 1 fully saturated rings. The second kappa shape index (κ2) is 7.69. The van der Waals surface area contributed by atoms with E-state index in [1.54, 1.807) is 6.07 Å². The summed E-state index contributed by atoms with van der Waals surface area (Å²) in [7, 11) is 0. The monoisotopic (exact) mass is 325 g/mol. The average Bonchev–Trinajstić information content (AvgIpc) is 2.97. The number of amides is 1. The Labute approximate surface area is 134 Å². The Morgan fingerprint density at radius 1 is 1.45 bits per heavy atom. The van der Waals surface area contributed by atoms with Crippen LogP contribution in [0.25, 0.3) is 0 Å². The van der Waals surface area contributed by atoms with Crippen LogP contribution in [-0.4, -0.2) is 46.8 Å². The van der Waals surface area contributed by atoms with Gasteiger partial charge in [0, 0.05) is 37.1 Å². The standard InChI is InChI=1S/C15H23N3O3S/c1-3-17(4-2)15(19)12-6-5-9-16(10-12)11-13-7-8-14(22-13)18(20)21/h7-8,12H,3-6,9-11H2,1-2H3/t12-/m0/s1.